The first-order valence-corrected chi connectivity index (χ1v) is 11.4. The number of amides is 3. The molecule has 0 aromatic heterocycles. The van der Waals surface area contributed by atoms with Gasteiger partial charge in [0.1, 0.15) is 5.54 Å². The van der Waals surface area contributed by atoms with Gasteiger partial charge in [0.2, 0.25) is 24.5 Å². The lowest BCUT2D eigenvalue weighted by molar-refractivity contribution is -0.143. The van der Waals surface area contributed by atoms with Gasteiger partial charge in [0.25, 0.3) is 0 Å². The van der Waals surface area contributed by atoms with E-state index in [1.54, 1.807) is 44.2 Å². The number of aliphatic hydroxyl groups excluding tert-OH is 1. The third kappa shape index (κ3) is 2.65. The van der Waals surface area contributed by atoms with E-state index in [0.717, 1.165) is 0 Å². The van der Waals surface area contributed by atoms with Gasteiger partial charge in [-0.2, -0.15) is 0 Å². The molecule has 176 valence electrons. The lowest BCUT2D eigenvalue weighted by Crippen LogP contribution is -2.54. The van der Waals surface area contributed by atoms with Crippen molar-refractivity contribution >= 4 is 35.0 Å². The lowest BCUT2D eigenvalue weighted by Gasteiger charge is -2.30. The molecule has 0 radical (unpaired) electrons. The summed E-state index contributed by atoms with van der Waals surface area (Å²) >= 11 is 6.27. The molecule has 9 nitrogen and oxygen atoms in total. The zero-order chi connectivity index (χ0) is 23.9. The number of fused-ring (bicyclic) bond motifs is 5. The summed E-state index contributed by atoms with van der Waals surface area (Å²) in [5, 5.41) is 17.1. The van der Waals surface area contributed by atoms with E-state index in [1.165, 1.54) is 4.90 Å². The average molecular weight is 484 g/mol. The molecule has 5 atom stereocenters. The van der Waals surface area contributed by atoms with Crippen LogP contribution in [0, 0.1) is 18.8 Å². The van der Waals surface area contributed by atoms with Gasteiger partial charge in [0, 0.05) is 16.6 Å². The van der Waals surface area contributed by atoms with Crippen LogP contribution in [0.4, 0.5) is 5.69 Å². The molecule has 2 aromatic rings. The molecule has 2 saturated heterocycles. The van der Waals surface area contributed by atoms with E-state index >= 15 is 0 Å². The van der Waals surface area contributed by atoms with Crippen LogP contribution in [0.1, 0.15) is 23.6 Å². The number of aliphatic hydroxyl groups is 1. The number of halogens is 1. The summed E-state index contributed by atoms with van der Waals surface area (Å²) < 4.78 is 10.7. The number of benzene rings is 2. The van der Waals surface area contributed by atoms with Gasteiger partial charge in [-0.1, -0.05) is 23.7 Å². The van der Waals surface area contributed by atoms with Crippen molar-refractivity contribution in [2.24, 2.45) is 11.8 Å². The van der Waals surface area contributed by atoms with Crippen molar-refractivity contribution in [3.05, 3.63) is 52.0 Å². The van der Waals surface area contributed by atoms with Gasteiger partial charge >= 0.3 is 0 Å². The predicted molar refractivity (Wildman–Crippen MR) is 120 cm³/mol. The van der Waals surface area contributed by atoms with Gasteiger partial charge in [-0.15, -0.1) is 0 Å². The zero-order valence-electron chi connectivity index (χ0n) is 18.4. The molecule has 2 aromatic carbocycles. The Kier molecular flexibility index (Phi) is 4.52. The maximum absolute atomic E-state index is 13.8. The smallest absolute Gasteiger partial charge is 0.250 e. The second kappa shape index (κ2) is 7.18. The van der Waals surface area contributed by atoms with Crippen molar-refractivity contribution < 1.29 is 29.0 Å². The number of likely N-dealkylation sites (tertiary alicyclic amines) is 1. The van der Waals surface area contributed by atoms with Crippen molar-refractivity contribution in [2.75, 3.05) is 12.1 Å². The van der Waals surface area contributed by atoms with Crippen LogP contribution in [0.2, 0.25) is 5.02 Å². The minimum atomic E-state index is -1.48. The highest BCUT2D eigenvalue weighted by atomic mass is 35.5. The Balaban J connectivity index is 1.43. The number of nitrogens with zero attached hydrogens (tertiary/aromatic N) is 1. The van der Waals surface area contributed by atoms with Gasteiger partial charge in [0.15, 0.2) is 11.5 Å². The molecule has 10 heteroatoms. The summed E-state index contributed by atoms with van der Waals surface area (Å²) in [4.78, 5) is 42.0. The molecule has 1 spiro atoms. The Hall–Kier alpha value is -3.14. The van der Waals surface area contributed by atoms with E-state index < -0.39 is 47.2 Å². The minimum Gasteiger partial charge on any atom is -0.454 e. The van der Waals surface area contributed by atoms with Crippen molar-refractivity contribution in [3.8, 4) is 11.5 Å². The Morgan fingerprint density at radius 2 is 1.94 bits per heavy atom. The number of anilines is 1. The summed E-state index contributed by atoms with van der Waals surface area (Å²) in [6.07, 6.45) is -0.973. The topological polar surface area (TPSA) is 117 Å². The molecule has 0 bridgehead atoms. The fourth-order valence-electron chi connectivity index (χ4n) is 5.77. The van der Waals surface area contributed by atoms with E-state index in [4.69, 9.17) is 21.1 Å². The van der Waals surface area contributed by atoms with Crippen LogP contribution in [0.5, 0.6) is 11.5 Å². The van der Waals surface area contributed by atoms with Gasteiger partial charge in [0.05, 0.1) is 30.2 Å². The molecule has 3 N–H and O–H groups in total. The largest absolute Gasteiger partial charge is 0.454 e. The lowest BCUT2D eigenvalue weighted by atomic mass is 9.76. The minimum absolute atomic E-state index is 0.0258. The van der Waals surface area contributed by atoms with Crippen molar-refractivity contribution in [1.29, 1.82) is 0 Å². The number of carbonyl (C=O) groups excluding carboxylic acids is 3. The molecular formula is C24H22ClN3O6. The van der Waals surface area contributed by atoms with Gasteiger partial charge < -0.3 is 19.9 Å². The molecular weight excluding hydrogens is 462 g/mol. The molecule has 2 fully saturated rings. The second-order valence-electron chi connectivity index (χ2n) is 9.22. The molecule has 4 aliphatic rings. The molecule has 0 saturated carbocycles. The quantitative estimate of drug-likeness (QED) is 0.568. The third-order valence-electron chi connectivity index (χ3n) is 7.41. The number of carbonyl (C=O) groups is 3. The van der Waals surface area contributed by atoms with E-state index in [1.807, 2.05) is 0 Å². The van der Waals surface area contributed by atoms with Crippen LogP contribution in [0.3, 0.4) is 0 Å². The van der Waals surface area contributed by atoms with E-state index in [2.05, 4.69) is 10.6 Å². The fraction of sp³-hybridized carbons (Fsp3) is 0.375. The summed E-state index contributed by atoms with van der Waals surface area (Å²) in [6, 6.07) is 7.84. The summed E-state index contributed by atoms with van der Waals surface area (Å²) in [5.41, 5.74) is 0.985. The SMILES string of the molecule is Cc1c(Cl)ccc2c1NC(=O)[C@@]21N[C@H]([C@@H](C)O)[C@H]2C(=O)N(Cc3ccc4c(c3)OCO4)C(=O)[C@H]21. The summed E-state index contributed by atoms with van der Waals surface area (Å²) in [5.74, 6) is -2.06. The molecule has 0 unspecified atom stereocenters. The zero-order valence-corrected chi connectivity index (χ0v) is 19.2. The molecule has 34 heavy (non-hydrogen) atoms. The summed E-state index contributed by atoms with van der Waals surface area (Å²) in [7, 11) is 0. The molecule has 4 heterocycles. The first-order valence-electron chi connectivity index (χ1n) is 11.0. The standard InChI is InChI=1S/C24H22ClN3O6/c1-10-14(25)5-4-13-19(10)26-23(32)24(13)18-17(20(27-24)11(2)29)21(30)28(22(18)31)8-12-3-6-15-16(7-12)34-9-33-15/h3-7,11,17-18,20,27,29H,8-9H2,1-2H3,(H,26,32)/t11-,17+,18+,20-,24-/m1/s1. The maximum atomic E-state index is 13.8. The van der Waals surface area contributed by atoms with Crippen LogP contribution in [0.25, 0.3) is 0 Å². The van der Waals surface area contributed by atoms with Gasteiger partial charge in [-0.3, -0.25) is 24.6 Å². The predicted octanol–water partition coefficient (Wildman–Crippen LogP) is 1.68. The third-order valence-corrected chi connectivity index (χ3v) is 7.82. The number of ether oxygens (including phenoxy) is 2. The van der Waals surface area contributed by atoms with E-state index in [9.17, 15) is 19.5 Å². The van der Waals surface area contributed by atoms with Crippen LogP contribution in [-0.2, 0) is 26.5 Å². The Bertz CT molecular complexity index is 1280. The average Bonchev–Trinajstić information content (AvgIpc) is 3.53. The molecule has 0 aliphatic carbocycles. The molecule has 4 aliphatic heterocycles. The van der Waals surface area contributed by atoms with Crippen LogP contribution < -0.4 is 20.1 Å². The fourth-order valence-corrected chi connectivity index (χ4v) is 5.93. The first kappa shape index (κ1) is 21.4. The number of hydrogen-bond acceptors (Lipinski definition) is 7. The van der Waals surface area contributed by atoms with Gasteiger partial charge in [-0.05, 0) is 43.2 Å². The highest BCUT2D eigenvalue weighted by molar-refractivity contribution is 6.32. The highest BCUT2D eigenvalue weighted by Crippen LogP contribution is 2.54. The van der Waals surface area contributed by atoms with E-state index in [-0.39, 0.29) is 13.3 Å². The van der Waals surface area contributed by atoms with Crippen LogP contribution >= 0.6 is 11.6 Å². The van der Waals surface area contributed by atoms with Crippen LogP contribution in [-0.4, -0.2) is 46.7 Å². The number of hydrogen-bond donors (Lipinski definition) is 3. The number of rotatable bonds is 3. The summed E-state index contributed by atoms with van der Waals surface area (Å²) in [6.45, 7) is 3.48. The van der Waals surface area contributed by atoms with Crippen molar-refractivity contribution in [3.63, 3.8) is 0 Å². The maximum Gasteiger partial charge on any atom is 0.250 e. The van der Waals surface area contributed by atoms with Crippen molar-refractivity contribution in [1.82, 2.24) is 10.2 Å². The van der Waals surface area contributed by atoms with E-state index in [0.29, 0.717) is 38.9 Å². The number of nitrogens with one attached hydrogen (secondary N) is 2. The van der Waals surface area contributed by atoms with Crippen LogP contribution in [0.15, 0.2) is 30.3 Å². The van der Waals surface area contributed by atoms with Crippen molar-refractivity contribution in [2.45, 2.75) is 38.1 Å². The normalized spacial score (nSPS) is 29.6. The van der Waals surface area contributed by atoms with Gasteiger partial charge in [-0.25, -0.2) is 0 Å². The molecule has 6 rings (SSSR count). The molecule has 3 amide bonds. The Morgan fingerprint density at radius 1 is 1.18 bits per heavy atom. The second-order valence-corrected chi connectivity index (χ2v) is 9.63. The Morgan fingerprint density at radius 3 is 2.71 bits per heavy atom. The highest BCUT2D eigenvalue weighted by Gasteiger charge is 2.71. The first-order chi connectivity index (χ1) is 16.2. The number of imide groups is 1. The Labute approximate surface area is 200 Å². The monoisotopic (exact) mass is 483 g/mol.